The van der Waals surface area contributed by atoms with Crippen molar-refractivity contribution in [1.82, 2.24) is 15.1 Å². The largest absolute Gasteiger partial charge is 0.497 e. The summed E-state index contributed by atoms with van der Waals surface area (Å²) in [5.74, 6) is 1.08. The Kier molecular flexibility index (Phi) is 6.71. The van der Waals surface area contributed by atoms with E-state index in [1.165, 1.54) is 12.1 Å². The number of amides is 1. The molecular weight excluding hydrogens is 390 g/mol. The van der Waals surface area contributed by atoms with Crippen molar-refractivity contribution in [1.29, 1.82) is 0 Å². The highest BCUT2D eigenvalue weighted by Crippen LogP contribution is 2.22. The number of carbonyl (C=O) groups is 1. The average Bonchev–Trinajstić information content (AvgIpc) is 3.22. The summed E-state index contributed by atoms with van der Waals surface area (Å²) in [4.78, 5) is 24.5. The fourth-order valence-corrected chi connectivity index (χ4v) is 2.74. The molecule has 1 heterocycles. The molecule has 10 nitrogen and oxygen atoms in total. The van der Waals surface area contributed by atoms with Gasteiger partial charge in [0.1, 0.15) is 5.75 Å². The van der Waals surface area contributed by atoms with Crippen LogP contribution in [0.15, 0.2) is 52.9 Å². The maximum absolute atomic E-state index is 12.4. The zero-order valence-electron chi connectivity index (χ0n) is 16.6. The molecule has 2 aromatic carbocycles. The van der Waals surface area contributed by atoms with Gasteiger partial charge in [-0.1, -0.05) is 13.0 Å². The second kappa shape index (κ2) is 9.61. The van der Waals surface area contributed by atoms with Crippen molar-refractivity contribution in [3.05, 3.63) is 64.5 Å². The number of nitrogens with zero attached hydrogens (tertiary/aromatic N) is 4. The van der Waals surface area contributed by atoms with Gasteiger partial charge in [-0.25, -0.2) is 0 Å². The first-order valence-corrected chi connectivity index (χ1v) is 9.22. The van der Waals surface area contributed by atoms with Gasteiger partial charge in [0.15, 0.2) is 0 Å². The molecule has 0 fully saturated rings. The van der Waals surface area contributed by atoms with Gasteiger partial charge in [-0.05, 0) is 30.8 Å². The zero-order valence-corrected chi connectivity index (χ0v) is 16.6. The Morgan fingerprint density at radius 1 is 1.23 bits per heavy atom. The molecule has 1 N–H and O–H groups in total. The summed E-state index contributed by atoms with van der Waals surface area (Å²) in [6, 6.07) is 13.0. The number of benzene rings is 2. The minimum atomic E-state index is -0.473. The monoisotopic (exact) mass is 411 g/mol. The lowest BCUT2D eigenvalue weighted by Crippen LogP contribution is -2.32. The lowest BCUT2D eigenvalue weighted by Gasteiger charge is -2.17. The SMILES string of the molecule is CCN(CC(=O)Nc1cccc(OC)c1)Cc1nnc(-c2ccc([N+](=O)[O-])cc2)o1. The third kappa shape index (κ3) is 5.39. The molecule has 10 heteroatoms. The van der Waals surface area contributed by atoms with Crippen LogP contribution in [-0.4, -0.2) is 46.1 Å². The molecule has 0 aliphatic rings. The quantitative estimate of drug-likeness (QED) is 0.421. The summed E-state index contributed by atoms with van der Waals surface area (Å²) in [6.45, 7) is 2.96. The minimum Gasteiger partial charge on any atom is -0.497 e. The molecule has 1 aromatic heterocycles. The standard InChI is InChI=1S/C20H21N5O5/c1-3-24(12-18(26)21-15-5-4-6-17(11-15)29-2)13-19-22-23-20(30-19)14-7-9-16(10-8-14)25(27)28/h4-11H,3,12-13H2,1-2H3,(H,21,26). The summed E-state index contributed by atoms with van der Waals surface area (Å²) < 4.78 is 10.8. The van der Waals surface area contributed by atoms with Crippen LogP contribution in [0.4, 0.5) is 11.4 Å². The molecule has 0 saturated heterocycles. The first-order valence-electron chi connectivity index (χ1n) is 9.22. The van der Waals surface area contributed by atoms with Crippen molar-refractivity contribution in [2.45, 2.75) is 13.5 Å². The van der Waals surface area contributed by atoms with Crippen LogP contribution in [0.3, 0.4) is 0 Å². The Morgan fingerprint density at radius 2 is 2.00 bits per heavy atom. The molecule has 0 radical (unpaired) electrons. The van der Waals surface area contributed by atoms with Crippen molar-refractivity contribution in [2.24, 2.45) is 0 Å². The number of methoxy groups -OCH3 is 1. The smallest absolute Gasteiger partial charge is 0.269 e. The number of nitro benzene ring substituents is 1. The van der Waals surface area contributed by atoms with Gasteiger partial charge >= 0.3 is 0 Å². The predicted molar refractivity (Wildman–Crippen MR) is 109 cm³/mol. The van der Waals surface area contributed by atoms with Crippen molar-refractivity contribution in [2.75, 3.05) is 25.5 Å². The number of nitro groups is 1. The number of anilines is 1. The predicted octanol–water partition coefficient (Wildman–Crippen LogP) is 3.11. The first kappa shape index (κ1) is 20.9. The van der Waals surface area contributed by atoms with Gasteiger partial charge < -0.3 is 14.5 Å². The fraction of sp³-hybridized carbons (Fsp3) is 0.250. The van der Waals surface area contributed by atoms with E-state index in [4.69, 9.17) is 9.15 Å². The van der Waals surface area contributed by atoms with Crippen LogP contribution in [0.2, 0.25) is 0 Å². The van der Waals surface area contributed by atoms with E-state index in [0.717, 1.165) is 0 Å². The first-order chi connectivity index (χ1) is 14.5. The third-order valence-corrected chi connectivity index (χ3v) is 4.32. The minimum absolute atomic E-state index is 0.0160. The molecule has 0 saturated carbocycles. The Bertz CT molecular complexity index is 1020. The molecule has 3 aromatic rings. The molecule has 0 unspecified atom stereocenters. The molecule has 0 bridgehead atoms. The number of nitrogens with one attached hydrogen (secondary N) is 1. The molecule has 0 aliphatic carbocycles. The average molecular weight is 411 g/mol. The highest BCUT2D eigenvalue weighted by Gasteiger charge is 2.16. The van der Waals surface area contributed by atoms with E-state index >= 15 is 0 Å². The summed E-state index contributed by atoms with van der Waals surface area (Å²) in [5.41, 5.74) is 1.21. The lowest BCUT2D eigenvalue weighted by molar-refractivity contribution is -0.384. The molecular formula is C20H21N5O5. The molecule has 0 atom stereocenters. The van der Waals surface area contributed by atoms with Crippen molar-refractivity contribution >= 4 is 17.3 Å². The van der Waals surface area contributed by atoms with E-state index < -0.39 is 4.92 Å². The van der Waals surface area contributed by atoms with Gasteiger partial charge in [0.25, 0.3) is 5.69 Å². The Labute approximate surface area is 172 Å². The van der Waals surface area contributed by atoms with E-state index in [2.05, 4.69) is 15.5 Å². The molecule has 0 aliphatic heterocycles. The van der Waals surface area contributed by atoms with Crippen molar-refractivity contribution < 1.29 is 18.9 Å². The third-order valence-electron chi connectivity index (χ3n) is 4.32. The number of ether oxygens (including phenoxy) is 1. The zero-order chi connectivity index (χ0) is 21.5. The molecule has 156 valence electrons. The van der Waals surface area contributed by atoms with E-state index in [-0.39, 0.29) is 24.0 Å². The van der Waals surface area contributed by atoms with Crippen LogP contribution in [0, 0.1) is 10.1 Å². The number of non-ortho nitro benzene ring substituents is 1. The highest BCUT2D eigenvalue weighted by molar-refractivity contribution is 5.92. The van der Waals surface area contributed by atoms with Crippen LogP contribution in [0.1, 0.15) is 12.8 Å². The Balaban J connectivity index is 1.60. The number of rotatable bonds is 9. The molecule has 3 rings (SSSR count). The van der Waals surface area contributed by atoms with Gasteiger partial charge in [-0.2, -0.15) is 0 Å². The maximum atomic E-state index is 12.4. The number of hydrogen-bond acceptors (Lipinski definition) is 8. The van der Waals surface area contributed by atoms with E-state index in [0.29, 0.717) is 36.0 Å². The van der Waals surface area contributed by atoms with E-state index in [1.54, 1.807) is 43.5 Å². The summed E-state index contributed by atoms with van der Waals surface area (Å²) >= 11 is 0. The number of hydrogen-bond donors (Lipinski definition) is 1. The van der Waals surface area contributed by atoms with E-state index in [9.17, 15) is 14.9 Å². The van der Waals surface area contributed by atoms with E-state index in [1.807, 2.05) is 11.8 Å². The summed E-state index contributed by atoms with van der Waals surface area (Å²) in [7, 11) is 1.56. The molecule has 1 amide bonds. The van der Waals surface area contributed by atoms with Crippen LogP contribution in [0.5, 0.6) is 5.75 Å². The maximum Gasteiger partial charge on any atom is 0.269 e. The molecule has 0 spiro atoms. The van der Waals surface area contributed by atoms with Crippen molar-refractivity contribution in [3.63, 3.8) is 0 Å². The van der Waals surface area contributed by atoms with Crippen LogP contribution < -0.4 is 10.1 Å². The topological polar surface area (TPSA) is 124 Å². The van der Waals surface area contributed by atoms with Gasteiger partial charge in [0.2, 0.25) is 17.7 Å². The van der Waals surface area contributed by atoms with Crippen molar-refractivity contribution in [3.8, 4) is 17.2 Å². The molecule has 30 heavy (non-hydrogen) atoms. The highest BCUT2D eigenvalue weighted by atomic mass is 16.6. The summed E-state index contributed by atoms with van der Waals surface area (Å²) in [6.07, 6.45) is 0. The number of likely N-dealkylation sites (N-methyl/N-ethyl adjacent to an activating group) is 1. The Morgan fingerprint density at radius 3 is 2.67 bits per heavy atom. The second-order valence-electron chi connectivity index (χ2n) is 6.39. The van der Waals surface area contributed by atoms with Gasteiger partial charge in [0, 0.05) is 29.4 Å². The normalized spacial score (nSPS) is 10.8. The second-order valence-corrected chi connectivity index (χ2v) is 6.39. The number of aromatic nitrogens is 2. The number of carbonyl (C=O) groups excluding carboxylic acids is 1. The van der Waals surface area contributed by atoms with Crippen LogP contribution >= 0.6 is 0 Å². The fourth-order valence-electron chi connectivity index (χ4n) is 2.74. The van der Waals surface area contributed by atoms with Gasteiger partial charge in [-0.15, -0.1) is 10.2 Å². The summed E-state index contributed by atoms with van der Waals surface area (Å²) in [5, 5.41) is 21.6. The van der Waals surface area contributed by atoms with Gasteiger partial charge in [0.05, 0.1) is 25.1 Å². The van der Waals surface area contributed by atoms with Gasteiger partial charge in [-0.3, -0.25) is 19.8 Å². The Hall–Kier alpha value is -3.79. The van der Waals surface area contributed by atoms with Crippen LogP contribution in [-0.2, 0) is 11.3 Å². The lowest BCUT2D eigenvalue weighted by atomic mass is 10.2. The van der Waals surface area contributed by atoms with Crippen LogP contribution in [0.25, 0.3) is 11.5 Å².